The van der Waals surface area contributed by atoms with Crippen LogP contribution in [0.3, 0.4) is 0 Å². The number of alkyl halides is 3. The van der Waals surface area contributed by atoms with Crippen molar-refractivity contribution < 1.29 is 18.0 Å². The molecule has 0 fully saturated rings. The zero-order valence-corrected chi connectivity index (χ0v) is 10.1. The van der Waals surface area contributed by atoms with Crippen molar-refractivity contribution in [2.24, 2.45) is 0 Å². The molecule has 0 heterocycles. The van der Waals surface area contributed by atoms with Crippen molar-refractivity contribution in [1.82, 2.24) is 5.32 Å². The van der Waals surface area contributed by atoms with Crippen LogP contribution in [0.1, 0.15) is 19.4 Å². The molecule has 6 heteroatoms. The van der Waals surface area contributed by atoms with Gasteiger partial charge in [0.1, 0.15) is 0 Å². The largest absolute Gasteiger partial charge is 0.416 e. The van der Waals surface area contributed by atoms with Crippen LogP contribution in [-0.4, -0.2) is 18.5 Å². The van der Waals surface area contributed by atoms with Gasteiger partial charge >= 0.3 is 6.18 Å². The van der Waals surface area contributed by atoms with E-state index < -0.39 is 11.7 Å². The van der Waals surface area contributed by atoms with Crippen LogP contribution in [0.5, 0.6) is 0 Å². The second-order valence-electron chi connectivity index (χ2n) is 4.16. The van der Waals surface area contributed by atoms with E-state index in [2.05, 4.69) is 10.6 Å². The van der Waals surface area contributed by atoms with Gasteiger partial charge in [-0.3, -0.25) is 4.79 Å². The third-order valence-corrected chi connectivity index (χ3v) is 2.17. The van der Waals surface area contributed by atoms with E-state index in [-0.39, 0.29) is 18.5 Å². The van der Waals surface area contributed by atoms with Gasteiger partial charge in [0.2, 0.25) is 5.91 Å². The second-order valence-corrected chi connectivity index (χ2v) is 4.16. The monoisotopic (exact) mass is 260 g/mol. The lowest BCUT2D eigenvalue weighted by molar-refractivity contribution is -0.137. The summed E-state index contributed by atoms with van der Waals surface area (Å²) in [6, 6.07) is 4.51. The summed E-state index contributed by atoms with van der Waals surface area (Å²) in [5.74, 6) is -0.288. The van der Waals surface area contributed by atoms with Crippen LogP contribution in [0.2, 0.25) is 0 Å². The molecule has 1 amide bonds. The molecular weight excluding hydrogens is 245 g/mol. The van der Waals surface area contributed by atoms with E-state index in [9.17, 15) is 18.0 Å². The van der Waals surface area contributed by atoms with Crippen molar-refractivity contribution in [3.8, 4) is 0 Å². The lowest BCUT2D eigenvalue weighted by Gasteiger charge is -2.10. The Kier molecular flexibility index (Phi) is 4.72. The summed E-state index contributed by atoms with van der Waals surface area (Å²) in [4.78, 5) is 11.4. The van der Waals surface area contributed by atoms with Gasteiger partial charge in [-0.25, -0.2) is 0 Å². The Morgan fingerprint density at radius 1 is 1.22 bits per heavy atom. The fraction of sp³-hybridized carbons (Fsp3) is 0.417. The first-order chi connectivity index (χ1) is 8.29. The van der Waals surface area contributed by atoms with Crippen LogP contribution < -0.4 is 10.6 Å². The molecule has 0 bridgehead atoms. The SMILES string of the molecule is CC(C)NCC(=O)Nc1ccc(C(F)(F)F)cc1. The van der Waals surface area contributed by atoms with Crippen molar-refractivity contribution in [2.75, 3.05) is 11.9 Å². The zero-order valence-electron chi connectivity index (χ0n) is 10.1. The predicted octanol–water partition coefficient (Wildman–Crippen LogP) is 2.64. The molecule has 0 atom stereocenters. The van der Waals surface area contributed by atoms with E-state index in [1.165, 1.54) is 12.1 Å². The molecule has 1 aromatic carbocycles. The topological polar surface area (TPSA) is 41.1 Å². The summed E-state index contributed by atoms with van der Waals surface area (Å²) in [5.41, 5.74) is -0.389. The Hall–Kier alpha value is -1.56. The highest BCUT2D eigenvalue weighted by molar-refractivity contribution is 5.92. The third-order valence-electron chi connectivity index (χ3n) is 2.17. The summed E-state index contributed by atoms with van der Waals surface area (Å²) in [6.45, 7) is 3.91. The maximum atomic E-state index is 12.3. The number of carbonyl (C=O) groups is 1. The van der Waals surface area contributed by atoms with Gasteiger partial charge in [-0.15, -0.1) is 0 Å². The van der Waals surface area contributed by atoms with Crippen molar-refractivity contribution in [3.63, 3.8) is 0 Å². The lowest BCUT2D eigenvalue weighted by atomic mass is 10.2. The first kappa shape index (κ1) is 14.5. The van der Waals surface area contributed by atoms with Crippen LogP contribution in [-0.2, 0) is 11.0 Å². The summed E-state index contributed by atoms with van der Waals surface area (Å²) >= 11 is 0. The maximum absolute atomic E-state index is 12.3. The van der Waals surface area contributed by atoms with E-state index >= 15 is 0 Å². The predicted molar refractivity (Wildman–Crippen MR) is 63.2 cm³/mol. The molecule has 0 unspecified atom stereocenters. The fourth-order valence-electron chi connectivity index (χ4n) is 1.24. The molecule has 18 heavy (non-hydrogen) atoms. The zero-order chi connectivity index (χ0) is 13.8. The van der Waals surface area contributed by atoms with Crippen LogP contribution in [0.15, 0.2) is 24.3 Å². The molecule has 0 aliphatic carbocycles. The molecule has 0 saturated carbocycles. The number of anilines is 1. The number of benzene rings is 1. The molecule has 2 N–H and O–H groups in total. The summed E-state index contributed by atoms with van der Waals surface area (Å²) < 4.78 is 36.9. The Morgan fingerprint density at radius 3 is 2.22 bits per heavy atom. The molecule has 1 aromatic rings. The van der Waals surface area contributed by atoms with E-state index in [0.717, 1.165) is 12.1 Å². The fourth-order valence-corrected chi connectivity index (χ4v) is 1.24. The second kappa shape index (κ2) is 5.86. The van der Waals surface area contributed by atoms with Crippen LogP contribution in [0.25, 0.3) is 0 Å². The highest BCUT2D eigenvalue weighted by Gasteiger charge is 2.29. The highest BCUT2D eigenvalue weighted by Crippen LogP contribution is 2.29. The van der Waals surface area contributed by atoms with Crippen LogP contribution in [0.4, 0.5) is 18.9 Å². The Balaban J connectivity index is 2.56. The molecule has 0 aromatic heterocycles. The van der Waals surface area contributed by atoms with Gasteiger partial charge in [0.25, 0.3) is 0 Å². The van der Waals surface area contributed by atoms with E-state index in [1.807, 2.05) is 13.8 Å². The van der Waals surface area contributed by atoms with Crippen LogP contribution >= 0.6 is 0 Å². The molecular formula is C12H15F3N2O. The minimum atomic E-state index is -4.36. The smallest absolute Gasteiger partial charge is 0.325 e. The minimum Gasteiger partial charge on any atom is -0.325 e. The van der Waals surface area contributed by atoms with Crippen LogP contribution in [0, 0.1) is 0 Å². The van der Waals surface area contributed by atoms with Gasteiger partial charge in [-0.2, -0.15) is 13.2 Å². The van der Waals surface area contributed by atoms with Crippen molar-refractivity contribution >= 4 is 11.6 Å². The summed E-state index contributed by atoms with van der Waals surface area (Å²) in [5, 5.41) is 5.42. The molecule has 0 radical (unpaired) electrons. The molecule has 0 spiro atoms. The van der Waals surface area contributed by atoms with Gasteiger partial charge in [-0.1, -0.05) is 13.8 Å². The molecule has 100 valence electrons. The number of hydrogen-bond acceptors (Lipinski definition) is 2. The van der Waals surface area contributed by atoms with Gasteiger partial charge in [0, 0.05) is 11.7 Å². The number of rotatable bonds is 4. The number of halogens is 3. The van der Waals surface area contributed by atoms with E-state index in [0.29, 0.717) is 5.69 Å². The van der Waals surface area contributed by atoms with Crippen molar-refractivity contribution in [3.05, 3.63) is 29.8 Å². The first-order valence-electron chi connectivity index (χ1n) is 5.49. The maximum Gasteiger partial charge on any atom is 0.416 e. The average molecular weight is 260 g/mol. The quantitative estimate of drug-likeness (QED) is 0.873. The minimum absolute atomic E-state index is 0.124. The Morgan fingerprint density at radius 2 is 1.78 bits per heavy atom. The normalized spacial score (nSPS) is 11.7. The molecule has 3 nitrogen and oxygen atoms in total. The Labute approximate surface area is 103 Å². The van der Waals surface area contributed by atoms with Gasteiger partial charge in [0.05, 0.1) is 12.1 Å². The molecule has 0 saturated heterocycles. The third kappa shape index (κ3) is 4.75. The van der Waals surface area contributed by atoms with Crippen molar-refractivity contribution in [1.29, 1.82) is 0 Å². The van der Waals surface area contributed by atoms with E-state index in [1.54, 1.807) is 0 Å². The molecule has 0 aliphatic heterocycles. The number of carbonyl (C=O) groups excluding carboxylic acids is 1. The average Bonchev–Trinajstić information content (AvgIpc) is 2.26. The molecule has 0 aliphatic rings. The number of nitrogens with one attached hydrogen (secondary N) is 2. The molecule has 1 rings (SSSR count). The highest BCUT2D eigenvalue weighted by atomic mass is 19.4. The summed E-state index contributed by atoms with van der Waals surface area (Å²) in [7, 11) is 0. The van der Waals surface area contributed by atoms with Gasteiger partial charge in [0.15, 0.2) is 0 Å². The summed E-state index contributed by atoms with van der Waals surface area (Å²) in [6.07, 6.45) is -4.36. The van der Waals surface area contributed by atoms with E-state index in [4.69, 9.17) is 0 Å². The van der Waals surface area contributed by atoms with Gasteiger partial charge in [-0.05, 0) is 24.3 Å². The number of hydrogen-bond donors (Lipinski definition) is 2. The van der Waals surface area contributed by atoms with Crippen molar-refractivity contribution in [2.45, 2.75) is 26.1 Å². The Bertz CT molecular complexity index is 399. The first-order valence-corrected chi connectivity index (χ1v) is 5.49. The van der Waals surface area contributed by atoms with Gasteiger partial charge < -0.3 is 10.6 Å². The number of amides is 1. The standard InChI is InChI=1S/C12H15F3N2O/c1-8(2)16-7-11(18)17-10-5-3-9(4-6-10)12(13,14)15/h3-6,8,16H,7H2,1-2H3,(H,17,18). The lowest BCUT2D eigenvalue weighted by Crippen LogP contribution is -2.32.